The maximum absolute atomic E-state index is 14.2. The summed E-state index contributed by atoms with van der Waals surface area (Å²) >= 11 is 5.14. The highest BCUT2D eigenvalue weighted by molar-refractivity contribution is 7.71. The molecule has 0 aliphatic rings. The van der Waals surface area contributed by atoms with Gasteiger partial charge in [-0.25, -0.2) is 4.39 Å². The van der Waals surface area contributed by atoms with Crippen LogP contribution in [0.3, 0.4) is 0 Å². The Balaban J connectivity index is 2.62. The first-order valence-corrected chi connectivity index (χ1v) is 6.64. The summed E-state index contributed by atoms with van der Waals surface area (Å²) in [5.74, 6) is -0.0800. The van der Waals surface area contributed by atoms with Gasteiger partial charge in [0.1, 0.15) is 11.6 Å². The van der Waals surface area contributed by atoms with E-state index in [1.807, 2.05) is 0 Å². The molecule has 5 nitrogen and oxygen atoms in total. The van der Waals surface area contributed by atoms with E-state index in [1.54, 1.807) is 23.8 Å². The number of nitrogens with one attached hydrogen (secondary N) is 1. The number of benzene rings is 1. The molecule has 0 fully saturated rings. The summed E-state index contributed by atoms with van der Waals surface area (Å²) in [6.45, 7) is 0.804. The molecule has 1 aromatic heterocycles. The molecule has 1 heterocycles. The number of aromatic nitrogens is 2. The summed E-state index contributed by atoms with van der Waals surface area (Å²) in [5.41, 5.74) is 0.309. The van der Waals surface area contributed by atoms with Crippen molar-refractivity contribution in [3.8, 4) is 17.0 Å². The minimum absolute atomic E-state index is 0.227. The molecule has 0 saturated heterocycles. The van der Waals surface area contributed by atoms with Gasteiger partial charge < -0.3 is 14.0 Å². The van der Waals surface area contributed by atoms with Crippen molar-refractivity contribution in [2.24, 2.45) is 0 Å². The van der Waals surface area contributed by atoms with E-state index >= 15 is 0 Å². The van der Waals surface area contributed by atoms with Crippen molar-refractivity contribution in [1.29, 1.82) is 0 Å². The number of H-pyrrole nitrogens is 1. The second-order valence-corrected chi connectivity index (χ2v) is 4.70. The number of ether oxygens (including phenoxy) is 2. The van der Waals surface area contributed by atoms with Crippen LogP contribution in [-0.2, 0) is 11.3 Å². The molecule has 0 unspecified atom stereocenters. The molecule has 21 heavy (non-hydrogen) atoms. The second-order valence-electron chi connectivity index (χ2n) is 4.31. The Morgan fingerprint density at radius 3 is 2.71 bits per heavy atom. The van der Waals surface area contributed by atoms with E-state index in [0.717, 1.165) is 0 Å². The van der Waals surface area contributed by atoms with Crippen molar-refractivity contribution in [3.05, 3.63) is 45.2 Å². The van der Waals surface area contributed by atoms with Crippen molar-refractivity contribution in [3.63, 3.8) is 0 Å². The van der Waals surface area contributed by atoms with Crippen LogP contribution in [0.15, 0.2) is 29.1 Å². The van der Waals surface area contributed by atoms with Crippen LogP contribution < -0.4 is 10.3 Å². The number of hydrogen-bond donors (Lipinski definition) is 1. The van der Waals surface area contributed by atoms with Gasteiger partial charge >= 0.3 is 0 Å². The van der Waals surface area contributed by atoms with Crippen LogP contribution in [0.25, 0.3) is 11.3 Å². The van der Waals surface area contributed by atoms with Crippen molar-refractivity contribution >= 4 is 12.2 Å². The molecule has 2 rings (SSSR count). The van der Waals surface area contributed by atoms with Crippen LogP contribution >= 0.6 is 12.2 Å². The third-order valence-corrected chi connectivity index (χ3v) is 3.33. The van der Waals surface area contributed by atoms with Crippen molar-refractivity contribution in [2.45, 2.75) is 6.54 Å². The van der Waals surface area contributed by atoms with Crippen molar-refractivity contribution < 1.29 is 13.9 Å². The summed E-state index contributed by atoms with van der Waals surface area (Å²) in [5, 5.41) is 0. The quantitative estimate of drug-likeness (QED) is 0.862. The van der Waals surface area contributed by atoms with Gasteiger partial charge in [0.25, 0.3) is 5.56 Å². The second kappa shape index (κ2) is 6.64. The Labute approximate surface area is 126 Å². The molecule has 0 atom stereocenters. The number of aromatic amines is 1. The summed E-state index contributed by atoms with van der Waals surface area (Å²) in [6.07, 6.45) is 0. The summed E-state index contributed by atoms with van der Waals surface area (Å²) in [7, 11) is 3.02. The van der Waals surface area contributed by atoms with Crippen LogP contribution in [0.1, 0.15) is 0 Å². The lowest BCUT2D eigenvalue weighted by Crippen LogP contribution is -2.17. The Hall–Kier alpha value is -1.99. The minimum Gasteiger partial charge on any atom is -0.497 e. The zero-order valence-electron chi connectivity index (χ0n) is 11.7. The van der Waals surface area contributed by atoms with Gasteiger partial charge in [-0.15, -0.1) is 0 Å². The first-order chi connectivity index (χ1) is 10.1. The SMILES string of the molecule is COCCn1c(-c2ccc(OC)cc2F)cc(=O)[nH]c1=S. The number of methoxy groups -OCH3 is 2. The molecule has 0 aliphatic heterocycles. The van der Waals surface area contributed by atoms with Gasteiger partial charge in [-0.1, -0.05) is 0 Å². The third-order valence-electron chi connectivity index (χ3n) is 3.01. The molecule has 0 saturated carbocycles. The zero-order chi connectivity index (χ0) is 15.4. The zero-order valence-corrected chi connectivity index (χ0v) is 12.5. The predicted molar refractivity (Wildman–Crippen MR) is 79.7 cm³/mol. The van der Waals surface area contributed by atoms with Crippen LogP contribution in [-0.4, -0.2) is 30.4 Å². The van der Waals surface area contributed by atoms with Gasteiger partial charge in [0.15, 0.2) is 4.77 Å². The Kier molecular flexibility index (Phi) is 4.87. The van der Waals surface area contributed by atoms with E-state index in [0.29, 0.717) is 24.6 Å². The number of halogens is 1. The van der Waals surface area contributed by atoms with E-state index < -0.39 is 5.82 Å². The molecule has 0 aliphatic carbocycles. The van der Waals surface area contributed by atoms with E-state index in [9.17, 15) is 9.18 Å². The van der Waals surface area contributed by atoms with Crippen molar-refractivity contribution in [2.75, 3.05) is 20.8 Å². The Bertz CT molecular complexity index is 755. The van der Waals surface area contributed by atoms with E-state index in [1.165, 1.54) is 19.2 Å². The van der Waals surface area contributed by atoms with E-state index in [2.05, 4.69) is 4.98 Å². The third kappa shape index (κ3) is 3.37. The fourth-order valence-corrected chi connectivity index (χ4v) is 2.27. The molecule has 0 radical (unpaired) electrons. The fraction of sp³-hybridized carbons (Fsp3) is 0.286. The number of hydrogen-bond acceptors (Lipinski definition) is 4. The molecule has 1 N–H and O–H groups in total. The van der Waals surface area contributed by atoms with Gasteiger partial charge in [0.05, 0.1) is 19.4 Å². The molecule has 1 aromatic carbocycles. The standard InChI is InChI=1S/C14H15FN2O3S/c1-19-6-5-17-12(8-13(18)16-14(17)21)10-4-3-9(20-2)7-11(10)15/h3-4,7-8H,5-6H2,1-2H3,(H,16,18,21). The molecule has 112 valence electrons. The molecular weight excluding hydrogens is 295 g/mol. The molecule has 7 heteroatoms. The topological polar surface area (TPSA) is 56.2 Å². The van der Waals surface area contributed by atoms with Gasteiger partial charge in [0.2, 0.25) is 0 Å². The van der Waals surface area contributed by atoms with E-state index in [4.69, 9.17) is 21.7 Å². The molecule has 2 aromatic rings. The lowest BCUT2D eigenvalue weighted by Gasteiger charge is -2.14. The minimum atomic E-state index is -0.486. The fourth-order valence-electron chi connectivity index (χ4n) is 1.98. The average Bonchev–Trinajstić information content (AvgIpc) is 2.45. The average molecular weight is 310 g/mol. The molecule has 0 spiro atoms. The lowest BCUT2D eigenvalue weighted by atomic mass is 10.1. The highest BCUT2D eigenvalue weighted by Crippen LogP contribution is 2.25. The smallest absolute Gasteiger partial charge is 0.252 e. The van der Waals surface area contributed by atoms with E-state index in [-0.39, 0.29) is 15.9 Å². The maximum atomic E-state index is 14.2. The predicted octanol–water partition coefficient (Wildman–Crippen LogP) is 2.37. The maximum Gasteiger partial charge on any atom is 0.252 e. The van der Waals surface area contributed by atoms with Crippen LogP contribution in [0.4, 0.5) is 4.39 Å². The molecular formula is C14H15FN2O3S. The summed E-state index contributed by atoms with van der Waals surface area (Å²) < 4.78 is 26.1. The van der Waals surface area contributed by atoms with Crippen molar-refractivity contribution in [1.82, 2.24) is 9.55 Å². The van der Waals surface area contributed by atoms with Crippen LogP contribution in [0.2, 0.25) is 0 Å². The van der Waals surface area contributed by atoms with Crippen LogP contribution in [0.5, 0.6) is 5.75 Å². The van der Waals surface area contributed by atoms with Gasteiger partial charge in [-0.3, -0.25) is 9.78 Å². The van der Waals surface area contributed by atoms with Gasteiger partial charge in [-0.05, 0) is 24.4 Å². The Morgan fingerprint density at radius 2 is 2.10 bits per heavy atom. The monoisotopic (exact) mass is 310 g/mol. The first-order valence-electron chi connectivity index (χ1n) is 6.24. The normalized spacial score (nSPS) is 10.6. The highest BCUT2D eigenvalue weighted by Gasteiger charge is 2.12. The lowest BCUT2D eigenvalue weighted by molar-refractivity contribution is 0.186. The molecule has 0 amide bonds. The number of nitrogens with zero attached hydrogens (tertiary/aromatic N) is 1. The first kappa shape index (κ1) is 15.4. The molecule has 0 bridgehead atoms. The Morgan fingerprint density at radius 1 is 1.33 bits per heavy atom. The largest absolute Gasteiger partial charge is 0.497 e. The summed E-state index contributed by atoms with van der Waals surface area (Å²) in [4.78, 5) is 14.2. The highest BCUT2D eigenvalue weighted by atomic mass is 32.1. The van der Waals surface area contributed by atoms with Gasteiger partial charge in [-0.2, -0.15) is 0 Å². The van der Waals surface area contributed by atoms with Crippen LogP contribution in [0, 0.1) is 10.6 Å². The number of rotatable bonds is 5. The van der Waals surface area contributed by atoms with Gasteiger partial charge in [0, 0.05) is 31.4 Å². The summed E-state index contributed by atoms with van der Waals surface area (Å²) in [6, 6.07) is 5.76.